The lowest BCUT2D eigenvalue weighted by molar-refractivity contribution is 0.591. The summed E-state index contributed by atoms with van der Waals surface area (Å²) in [6.07, 6.45) is 1.12. The Labute approximate surface area is 114 Å². The Morgan fingerprint density at radius 2 is 1.83 bits per heavy atom. The van der Waals surface area contributed by atoms with Gasteiger partial charge in [-0.1, -0.05) is 32.9 Å². The van der Waals surface area contributed by atoms with Crippen molar-refractivity contribution in [3.63, 3.8) is 0 Å². The van der Waals surface area contributed by atoms with E-state index in [-0.39, 0.29) is 0 Å². The fraction of sp³-hybridized carbons (Fsp3) is 0.500. The van der Waals surface area contributed by atoms with Crippen molar-refractivity contribution < 1.29 is 0 Å². The van der Waals surface area contributed by atoms with Crippen molar-refractivity contribution in [3.05, 3.63) is 33.7 Å². The lowest BCUT2D eigenvalue weighted by atomic mass is 10.0. The summed E-state index contributed by atoms with van der Waals surface area (Å²) in [6.45, 7) is 12.1. The summed E-state index contributed by atoms with van der Waals surface area (Å²) in [4.78, 5) is 1.51. The molecule has 0 saturated heterocycles. The van der Waals surface area contributed by atoms with Crippen molar-refractivity contribution in [2.24, 2.45) is 0 Å². The molecule has 0 aliphatic heterocycles. The lowest BCUT2D eigenvalue weighted by Gasteiger charge is -2.08. The van der Waals surface area contributed by atoms with E-state index >= 15 is 0 Å². The van der Waals surface area contributed by atoms with Gasteiger partial charge in [0.15, 0.2) is 0 Å². The van der Waals surface area contributed by atoms with Gasteiger partial charge in [0.2, 0.25) is 0 Å². The highest BCUT2D eigenvalue weighted by Crippen LogP contribution is 2.36. The number of aryl methyl sites for hydroxylation is 3. The Morgan fingerprint density at radius 3 is 2.44 bits per heavy atom. The summed E-state index contributed by atoms with van der Waals surface area (Å²) in [5.74, 6) is 0. The molecule has 2 heteroatoms. The Kier molecular flexibility index (Phi) is 4.08. The van der Waals surface area contributed by atoms with Crippen LogP contribution in [-0.4, -0.2) is 6.04 Å². The molecule has 0 bridgehead atoms. The van der Waals surface area contributed by atoms with E-state index in [4.69, 9.17) is 0 Å². The molecule has 0 atom stereocenters. The van der Waals surface area contributed by atoms with E-state index in [1.807, 2.05) is 11.3 Å². The quantitative estimate of drug-likeness (QED) is 0.849. The Balaban J connectivity index is 2.54. The van der Waals surface area contributed by atoms with E-state index < -0.39 is 0 Å². The van der Waals surface area contributed by atoms with Crippen molar-refractivity contribution in [2.75, 3.05) is 0 Å². The first-order chi connectivity index (χ1) is 8.54. The molecule has 98 valence electrons. The zero-order chi connectivity index (χ0) is 13.3. The highest BCUT2D eigenvalue weighted by molar-refractivity contribution is 7.19. The van der Waals surface area contributed by atoms with E-state index in [2.05, 4.69) is 52.1 Å². The molecule has 0 aliphatic carbocycles. The minimum atomic E-state index is 0.544. The van der Waals surface area contributed by atoms with Crippen LogP contribution in [0.15, 0.2) is 12.1 Å². The molecule has 0 spiro atoms. The number of nitrogens with one attached hydrogen (secondary N) is 1. The molecule has 0 fully saturated rings. The molecule has 0 radical (unpaired) electrons. The van der Waals surface area contributed by atoms with Crippen LogP contribution in [0.5, 0.6) is 0 Å². The fourth-order valence-electron chi connectivity index (χ4n) is 2.43. The summed E-state index contributed by atoms with van der Waals surface area (Å²) in [6, 6.07) is 5.04. The van der Waals surface area contributed by atoms with Gasteiger partial charge in [0.05, 0.1) is 0 Å². The van der Waals surface area contributed by atoms with Gasteiger partial charge in [-0.2, -0.15) is 0 Å². The third kappa shape index (κ3) is 2.45. The third-order valence-corrected chi connectivity index (χ3v) is 4.82. The van der Waals surface area contributed by atoms with Crippen LogP contribution in [0.25, 0.3) is 10.1 Å². The first-order valence-corrected chi connectivity index (χ1v) is 7.60. The van der Waals surface area contributed by atoms with Crippen LogP contribution in [0.1, 0.15) is 42.3 Å². The Bertz CT molecular complexity index is 552. The maximum Gasteiger partial charge on any atom is 0.0380 e. The molecule has 2 aromatic rings. The van der Waals surface area contributed by atoms with Gasteiger partial charge in [-0.3, -0.25) is 0 Å². The number of benzene rings is 1. The zero-order valence-corrected chi connectivity index (χ0v) is 12.9. The molecule has 0 saturated carbocycles. The molecule has 1 nitrogen and oxygen atoms in total. The molecule has 1 N–H and O–H groups in total. The van der Waals surface area contributed by atoms with Crippen molar-refractivity contribution in [2.45, 2.75) is 53.6 Å². The van der Waals surface area contributed by atoms with Crippen LogP contribution < -0.4 is 5.32 Å². The summed E-state index contributed by atoms with van der Waals surface area (Å²) in [5.41, 5.74) is 4.37. The standard InChI is InChI=1S/C16H23NS/c1-6-13-14(9-17-10(2)3)18-16-12(5)8-7-11(4)15(13)16/h7-8,10,17H,6,9H2,1-5H3. The van der Waals surface area contributed by atoms with Crippen LogP contribution in [0, 0.1) is 13.8 Å². The molecule has 0 aliphatic rings. The molecular weight excluding hydrogens is 238 g/mol. The summed E-state index contributed by atoms with van der Waals surface area (Å²) < 4.78 is 1.48. The zero-order valence-electron chi connectivity index (χ0n) is 12.1. The summed E-state index contributed by atoms with van der Waals surface area (Å²) >= 11 is 1.97. The minimum Gasteiger partial charge on any atom is -0.310 e. The van der Waals surface area contributed by atoms with Gasteiger partial charge in [0.1, 0.15) is 0 Å². The second-order valence-electron chi connectivity index (χ2n) is 5.30. The largest absolute Gasteiger partial charge is 0.310 e. The van der Waals surface area contributed by atoms with Gasteiger partial charge in [0.25, 0.3) is 0 Å². The number of hydrogen-bond acceptors (Lipinski definition) is 2. The fourth-order valence-corrected chi connectivity index (χ4v) is 3.82. The topological polar surface area (TPSA) is 12.0 Å². The Hall–Kier alpha value is -0.860. The monoisotopic (exact) mass is 261 g/mol. The van der Waals surface area contributed by atoms with Gasteiger partial charge in [-0.05, 0) is 42.3 Å². The van der Waals surface area contributed by atoms with E-state index in [1.165, 1.54) is 26.1 Å². The average Bonchev–Trinajstić information content (AvgIpc) is 2.71. The number of thiophene rings is 1. The maximum atomic E-state index is 3.55. The van der Waals surface area contributed by atoms with Crippen LogP contribution in [0.4, 0.5) is 0 Å². The highest BCUT2D eigenvalue weighted by atomic mass is 32.1. The van der Waals surface area contributed by atoms with E-state index in [0.717, 1.165) is 13.0 Å². The first kappa shape index (κ1) is 13.6. The van der Waals surface area contributed by atoms with Crippen molar-refractivity contribution >= 4 is 21.4 Å². The van der Waals surface area contributed by atoms with Gasteiger partial charge < -0.3 is 5.32 Å². The third-order valence-electron chi connectivity index (χ3n) is 3.45. The molecule has 18 heavy (non-hydrogen) atoms. The first-order valence-electron chi connectivity index (χ1n) is 6.78. The predicted octanol–water partition coefficient (Wildman–Crippen LogP) is 4.58. The maximum absolute atomic E-state index is 3.55. The van der Waals surface area contributed by atoms with Crippen molar-refractivity contribution in [3.8, 4) is 0 Å². The van der Waals surface area contributed by atoms with Crippen molar-refractivity contribution in [1.82, 2.24) is 5.32 Å². The van der Waals surface area contributed by atoms with E-state index in [9.17, 15) is 0 Å². The van der Waals surface area contributed by atoms with Crippen LogP contribution in [-0.2, 0) is 13.0 Å². The molecule has 1 heterocycles. The summed E-state index contributed by atoms with van der Waals surface area (Å²) in [7, 11) is 0. The van der Waals surface area contributed by atoms with Crippen LogP contribution in [0.3, 0.4) is 0 Å². The molecule has 1 aromatic heterocycles. The summed E-state index contributed by atoms with van der Waals surface area (Å²) in [5, 5.41) is 5.05. The lowest BCUT2D eigenvalue weighted by Crippen LogP contribution is -2.21. The van der Waals surface area contributed by atoms with Crippen LogP contribution in [0.2, 0.25) is 0 Å². The van der Waals surface area contributed by atoms with E-state index in [1.54, 1.807) is 5.56 Å². The molecule has 1 aromatic carbocycles. The van der Waals surface area contributed by atoms with Gasteiger partial charge in [0, 0.05) is 22.2 Å². The number of hydrogen-bond donors (Lipinski definition) is 1. The van der Waals surface area contributed by atoms with Gasteiger partial charge >= 0.3 is 0 Å². The normalized spacial score (nSPS) is 11.7. The number of rotatable bonds is 4. The van der Waals surface area contributed by atoms with Crippen molar-refractivity contribution in [1.29, 1.82) is 0 Å². The minimum absolute atomic E-state index is 0.544. The average molecular weight is 261 g/mol. The van der Waals surface area contributed by atoms with Gasteiger partial charge in [-0.25, -0.2) is 0 Å². The second kappa shape index (κ2) is 5.41. The molecular formula is C16H23NS. The number of fused-ring (bicyclic) bond motifs is 1. The second-order valence-corrected chi connectivity index (χ2v) is 6.40. The SMILES string of the molecule is CCc1c(CNC(C)C)sc2c(C)ccc(C)c12. The van der Waals surface area contributed by atoms with E-state index in [0.29, 0.717) is 6.04 Å². The molecule has 0 amide bonds. The van der Waals surface area contributed by atoms with Crippen LogP contribution >= 0.6 is 11.3 Å². The molecule has 0 unspecified atom stereocenters. The van der Waals surface area contributed by atoms with Gasteiger partial charge in [-0.15, -0.1) is 11.3 Å². The predicted molar refractivity (Wildman–Crippen MR) is 82.7 cm³/mol. The molecule has 2 rings (SSSR count). The Morgan fingerprint density at radius 1 is 1.17 bits per heavy atom. The highest BCUT2D eigenvalue weighted by Gasteiger charge is 2.14. The smallest absolute Gasteiger partial charge is 0.0380 e.